The number of carbonyl (C=O) groups excluding carboxylic acids is 1. The lowest BCUT2D eigenvalue weighted by Gasteiger charge is -2.35. The number of hydrogen-bond donors (Lipinski definition) is 1. The van der Waals surface area contributed by atoms with E-state index in [4.69, 9.17) is 5.73 Å². The van der Waals surface area contributed by atoms with Crippen LogP contribution in [0.4, 0.5) is 0 Å². The van der Waals surface area contributed by atoms with E-state index in [1.165, 1.54) is 6.42 Å². The van der Waals surface area contributed by atoms with Crippen LogP contribution in [0.5, 0.6) is 0 Å². The molecule has 0 aromatic carbocycles. The first-order valence-corrected chi connectivity index (χ1v) is 7.66. The van der Waals surface area contributed by atoms with Crippen LogP contribution in [-0.4, -0.2) is 34.5 Å². The monoisotopic (exact) mass is 277 g/mol. The number of aryl methyl sites for hydroxylation is 1. The Labute approximate surface area is 121 Å². The molecule has 0 aliphatic carbocycles. The van der Waals surface area contributed by atoms with Gasteiger partial charge in [0.25, 0.3) is 5.91 Å². The summed E-state index contributed by atoms with van der Waals surface area (Å²) in [6, 6.07) is 2.61. The highest BCUT2D eigenvalue weighted by molar-refractivity contribution is 5.96. The molecule has 0 radical (unpaired) electrons. The summed E-state index contributed by atoms with van der Waals surface area (Å²) in [6.45, 7) is 9.82. The maximum absolute atomic E-state index is 12.8. The van der Waals surface area contributed by atoms with Crippen molar-refractivity contribution in [3.8, 4) is 0 Å². The highest BCUT2D eigenvalue weighted by Crippen LogP contribution is 2.24. The van der Waals surface area contributed by atoms with Crippen LogP contribution in [0, 0.1) is 13.8 Å². The lowest BCUT2D eigenvalue weighted by Crippen LogP contribution is -2.47. The average molecular weight is 277 g/mol. The van der Waals surface area contributed by atoms with E-state index < -0.39 is 0 Å². The average Bonchev–Trinajstić information content (AvgIpc) is 2.73. The van der Waals surface area contributed by atoms with E-state index in [2.05, 4.69) is 25.3 Å². The van der Waals surface area contributed by atoms with E-state index >= 15 is 0 Å². The fourth-order valence-corrected chi connectivity index (χ4v) is 3.46. The molecule has 1 saturated heterocycles. The van der Waals surface area contributed by atoms with Gasteiger partial charge in [-0.2, -0.15) is 0 Å². The second-order valence-corrected chi connectivity index (χ2v) is 6.13. The van der Waals surface area contributed by atoms with E-state index in [1.807, 2.05) is 17.9 Å². The number of nitrogens with two attached hydrogens (primary N) is 1. The van der Waals surface area contributed by atoms with Gasteiger partial charge in [-0.1, -0.05) is 0 Å². The molecule has 1 amide bonds. The quantitative estimate of drug-likeness (QED) is 0.923. The van der Waals surface area contributed by atoms with Crippen LogP contribution in [-0.2, 0) is 0 Å². The first kappa shape index (κ1) is 15.1. The predicted molar refractivity (Wildman–Crippen MR) is 82.0 cm³/mol. The second-order valence-electron chi connectivity index (χ2n) is 6.13. The zero-order chi connectivity index (χ0) is 14.9. The summed E-state index contributed by atoms with van der Waals surface area (Å²) in [5, 5.41) is 0. The molecule has 0 bridgehead atoms. The Bertz CT molecular complexity index is 490. The Morgan fingerprint density at radius 1 is 1.40 bits per heavy atom. The van der Waals surface area contributed by atoms with Crippen molar-refractivity contribution < 1.29 is 4.79 Å². The van der Waals surface area contributed by atoms with Gasteiger partial charge in [-0.3, -0.25) is 4.79 Å². The highest BCUT2D eigenvalue weighted by atomic mass is 16.2. The van der Waals surface area contributed by atoms with Gasteiger partial charge in [0.2, 0.25) is 0 Å². The molecule has 0 unspecified atom stereocenters. The Morgan fingerprint density at radius 3 is 2.65 bits per heavy atom. The van der Waals surface area contributed by atoms with Crippen LogP contribution in [0.3, 0.4) is 0 Å². The molecule has 1 aromatic rings. The van der Waals surface area contributed by atoms with Gasteiger partial charge in [-0.15, -0.1) is 0 Å². The zero-order valence-electron chi connectivity index (χ0n) is 13.1. The molecule has 4 heteroatoms. The number of nitrogens with zero attached hydrogens (tertiary/aromatic N) is 2. The Balaban J connectivity index is 2.31. The van der Waals surface area contributed by atoms with Gasteiger partial charge in [0.15, 0.2) is 0 Å². The molecule has 2 heterocycles. The lowest BCUT2D eigenvalue weighted by molar-refractivity contribution is 0.0622. The fraction of sp³-hybridized carbons (Fsp3) is 0.688. The molecular weight excluding hydrogens is 250 g/mol. The van der Waals surface area contributed by atoms with Gasteiger partial charge in [-0.25, -0.2) is 0 Å². The Hall–Kier alpha value is -1.29. The smallest absolute Gasteiger partial charge is 0.255 e. The molecular formula is C16H27N3O. The maximum atomic E-state index is 12.8. The van der Waals surface area contributed by atoms with E-state index in [1.54, 1.807) is 0 Å². The van der Waals surface area contributed by atoms with E-state index in [-0.39, 0.29) is 11.9 Å². The largest absolute Gasteiger partial charge is 0.346 e. The van der Waals surface area contributed by atoms with Gasteiger partial charge < -0.3 is 15.2 Å². The molecule has 0 saturated carbocycles. The lowest BCUT2D eigenvalue weighted by atomic mass is 10.0. The fourth-order valence-electron chi connectivity index (χ4n) is 3.46. The molecule has 0 spiro atoms. The summed E-state index contributed by atoms with van der Waals surface area (Å²) in [6.07, 6.45) is 3.30. The van der Waals surface area contributed by atoms with Crippen LogP contribution >= 0.6 is 0 Å². The van der Waals surface area contributed by atoms with Crippen molar-refractivity contribution in [2.75, 3.05) is 13.1 Å². The normalized spacial score (nSPS) is 19.7. The van der Waals surface area contributed by atoms with E-state index in [0.717, 1.165) is 36.3 Å². The number of likely N-dealkylation sites (tertiary alicyclic amines) is 1. The summed E-state index contributed by atoms with van der Waals surface area (Å²) < 4.78 is 2.23. The van der Waals surface area contributed by atoms with Gasteiger partial charge >= 0.3 is 0 Å². The summed E-state index contributed by atoms with van der Waals surface area (Å²) in [5.74, 6) is 0.153. The van der Waals surface area contributed by atoms with Gasteiger partial charge in [0.1, 0.15) is 0 Å². The van der Waals surface area contributed by atoms with Gasteiger partial charge in [0.05, 0.1) is 5.56 Å². The minimum absolute atomic E-state index is 0.153. The van der Waals surface area contributed by atoms with Crippen LogP contribution < -0.4 is 5.73 Å². The number of aromatic nitrogens is 1. The van der Waals surface area contributed by atoms with Crippen molar-refractivity contribution in [3.63, 3.8) is 0 Å². The van der Waals surface area contributed by atoms with Crippen molar-refractivity contribution in [3.05, 3.63) is 23.0 Å². The van der Waals surface area contributed by atoms with Gasteiger partial charge in [-0.05, 0) is 53.0 Å². The predicted octanol–water partition coefficient (Wildman–Crippen LogP) is 2.64. The van der Waals surface area contributed by atoms with Crippen molar-refractivity contribution in [2.24, 2.45) is 5.73 Å². The number of amides is 1. The number of piperidine rings is 1. The molecule has 1 aliphatic rings. The Kier molecular flexibility index (Phi) is 4.53. The third-order valence-electron chi connectivity index (χ3n) is 4.39. The van der Waals surface area contributed by atoms with Crippen molar-refractivity contribution >= 4 is 5.91 Å². The first-order chi connectivity index (χ1) is 9.47. The minimum atomic E-state index is 0.153. The number of rotatable bonds is 3. The summed E-state index contributed by atoms with van der Waals surface area (Å²) in [7, 11) is 0. The standard InChI is InChI=1S/C16H27N3O/c1-11(2)19-12(3)9-15(13(19)4)16(20)18-8-6-5-7-14(18)10-17/h9,11,14H,5-8,10,17H2,1-4H3/t14-/m0/s1. The van der Waals surface area contributed by atoms with E-state index in [9.17, 15) is 4.79 Å². The summed E-state index contributed by atoms with van der Waals surface area (Å²) in [5.41, 5.74) is 8.90. The molecule has 112 valence electrons. The molecule has 20 heavy (non-hydrogen) atoms. The molecule has 1 aliphatic heterocycles. The maximum Gasteiger partial charge on any atom is 0.255 e. The highest BCUT2D eigenvalue weighted by Gasteiger charge is 2.28. The van der Waals surface area contributed by atoms with Crippen LogP contribution in [0.1, 0.15) is 60.9 Å². The summed E-state index contributed by atoms with van der Waals surface area (Å²) in [4.78, 5) is 14.8. The molecule has 4 nitrogen and oxygen atoms in total. The zero-order valence-corrected chi connectivity index (χ0v) is 13.1. The molecule has 1 aromatic heterocycles. The number of carbonyl (C=O) groups is 1. The molecule has 2 N–H and O–H groups in total. The topological polar surface area (TPSA) is 51.3 Å². The van der Waals surface area contributed by atoms with Gasteiger partial charge in [0, 0.05) is 36.6 Å². The van der Waals surface area contributed by atoms with Crippen molar-refractivity contribution in [2.45, 2.75) is 59.0 Å². The number of hydrogen-bond acceptors (Lipinski definition) is 2. The third-order valence-corrected chi connectivity index (χ3v) is 4.39. The summed E-state index contributed by atoms with van der Waals surface area (Å²) >= 11 is 0. The minimum Gasteiger partial charge on any atom is -0.346 e. The van der Waals surface area contributed by atoms with Crippen LogP contribution in [0.15, 0.2) is 6.07 Å². The van der Waals surface area contributed by atoms with Crippen molar-refractivity contribution in [1.29, 1.82) is 0 Å². The Morgan fingerprint density at radius 2 is 2.10 bits per heavy atom. The molecule has 2 rings (SSSR count). The second kappa shape index (κ2) is 6.00. The van der Waals surface area contributed by atoms with E-state index in [0.29, 0.717) is 12.6 Å². The van der Waals surface area contributed by atoms with Crippen molar-refractivity contribution in [1.82, 2.24) is 9.47 Å². The third kappa shape index (κ3) is 2.62. The van der Waals surface area contributed by atoms with Crippen LogP contribution in [0.2, 0.25) is 0 Å². The van der Waals surface area contributed by atoms with Crippen LogP contribution in [0.25, 0.3) is 0 Å². The SMILES string of the molecule is Cc1cc(C(=O)N2CCCC[C@H]2CN)c(C)n1C(C)C. The molecule has 1 atom stereocenters. The first-order valence-electron chi connectivity index (χ1n) is 7.66. The molecule has 1 fully saturated rings.